The summed E-state index contributed by atoms with van der Waals surface area (Å²) in [6, 6.07) is 9.70. The van der Waals surface area contributed by atoms with Gasteiger partial charge in [0.1, 0.15) is 0 Å². The summed E-state index contributed by atoms with van der Waals surface area (Å²) >= 11 is 0. The Morgan fingerprint density at radius 3 is 2.28 bits per heavy atom. The minimum Gasteiger partial charge on any atom is -0.346 e. The van der Waals surface area contributed by atoms with Gasteiger partial charge in [0.25, 0.3) is 0 Å². The van der Waals surface area contributed by atoms with E-state index in [9.17, 15) is 19.2 Å². The molecule has 1 saturated carbocycles. The third kappa shape index (κ3) is 7.83. The lowest BCUT2D eigenvalue weighted by atomic mass is 9.86. The maximum Gasteiger partial charge on any atom is 0.312 e. The van der Waals surface area contributed by atoms with Crippen molar-refractivity contribution >= 4 is 23.6 Å². The lowest BCUT2D eigenvalue weighted by Crippen LogP contribution is -2.60. The molecule has 0 bridgehead atoms. The van der Waals surface area contributed by atoms with Crippen LogP contribution in [-0.4, -0.2) is 76.6 Å². The van der Waals surface area contributed by atoms with Crippen LogP contribution in [0, 0.1) is 11.8 Å². The summed E-state index contributed by atoms with van der Waals surface area (Å²) in [6.45, 7) is 7.04. The number of amides is 4. The normalized spacial score (nSPS) is 23.1. The second-order valence-corrected chi connectivity index (χ2v) is 12.1. The van der Waals surface area contributed by atoms with Crippen molar-refractivity contribution in [1.82, 2.24) is 20.0 Å². The summed E-state index contributed by atoms with van der Waals surface area (Å²) in [5.41, 5.74) is 0.993. The number of hydrogen-bond acceptors (Lipinski definition) is 4. The Bertz CT molecular complexity index is 992. The Kier molecular flexibility index (Phi) is 10.4. The van der Waals surface area contributed by atoms with Crippen molar-refractivity contribution in [3.63, 3.8) is 0 Å². The smallest absolute Gasteiger partial charge is 0.312 e. The predicted molar refractivity (Wildman–Crippen MR) is 150 cm³/mol. The molecule has 1 aromatic carbocycles. The standard InChI is InChI=1S/C31H46N4O4/c1-23(2)19-27-22-33(30(38)31(39)34(27)18-16-24-11-5-3-6-12-24)17-10-9-15-26-20-32-28(36)29(37)35(26)21-25-13-7-4-8-14-25/h4,7-8,13-14,23-24,26-27H,3,5-6,9-12,15-22H2,1-2H3,(H,32,36)/t26-,27+/m1/s1. The summed E-state index contributed by atoms with van der Waals surface area (Å²) in [6.07, 6.45) is 10.6. The Labute approximate surface area is 233 Å². The molecule has 0 unspecified atom stereocenters. The fourth-order valence-electron chi connectivity index (χ4n) is 6.49. The number of nitrogens with one attached hydrogen (secondary N) is 1. The molecule has 2 saturated heterocycles. The SMILES string of the molecule is CC(C)C[C@H]1CN(CCCC[C@@H]2CNC(=O)C(=O)N2Cc2ccccc2)C(=O)C(=O)N1CCC1CCCCC1. The van der Waals surface area contributed by atoms with Crippen LogP contribution in [0.25, 0.3) is 0 Å². The molecule has 214 valence electrons. The number of unbranched alkanes of at least 4 members (excludes halogenated alkanes) is 1. The van der Waals surface area contributed by atoms with Gasteiger partial charge in [-0.3, -0.25) is 19.2 Å². The first-order valence-corrected chi connectivity index (χ1v) is 15.1. The number of carbonyl (C=O) groups is 4. The van der Waals surface area contributed by atoms with E-state index >= 15 is 0 Å². The van der Waals surface area contributed by atoms with Crippen LogP contribution < -0.4 is 5.32 Å². The van der Waals surface area contributed by atoms with Gasteiger partial charge in [-0.25, -0.2) is 0 Å². The fourth-order valence-corrected chi connectivity index (χ4v) is 6.49. The molecule has 3 aliphatic rings. The molecule has 1 aliphatic carbocycles. The maximum atomic E-state index is 13.2. The van der Waals surface area contributed by atoms with E-state index < -0.39 is 11.8 Å². The minimum atomic E-state index is -0.552. The summed E-state index contributed by atoms with van der Waals surface area (Å²) in [5, 5.41) is 2.72. The number of carbonyl (C=O) groups excluding carboxylic acids is 4. The van der Waals surface area contributed by atoms with Crippen molar-refractivity contribution in [2.75, 3.05) is 26.2 Å². The molecule has 4 rings (SSSR count). The fraction of sp³-hybridized carbons (Fsp3) is 0.677. The van der Waals surface area contributed by atoms with Crippen LogP contribution in [0.3, 0.4) is 0 Å². The van der Waals surface area contributed by atoms with Crippen molar-refractivity contribution in [3.05, 3.63) is 35.9 Å². The Morgan fingerprint density at radius 2 is 1.56 bits per heavy atom. The molecule has 3 fully saturated rings. The lowest BCUT2D eigenvalue weighted by molar-refractivity contribution is -0.159. The zero-order valence-corrected chi connectivity index (χ0v) is 23.8. The molecule has 4 amide bonds. The molecule has 2 aliphatic heterocycles. The zero-order chi connectivity index (χ0) is 27.8. The van der Waals surface area contributed by atoms with E-state index in [4.69, 9.17) is 0 Å². The second kappa shape index (κ2) is 13.9. The van der Waals surface area contributed by atoms with Gasteiger partial charge in [-0.05, 0) is 49.5 Å². The van der Waals surface area contributed by atoms with Crippen LogP contribution in [0.1, 0.15) is 83.6 Å². The van der Waals surface area contributed by atoms with Gasteiger partial charge in [0.2, 0.25) is 0 Å². The highest BCUT2D eigenvalue weighted by atomic mass is 16.2. The van der Waals surface area contributed by atoms with Gasteiger partial charge >= 0.3 is 23.6 Å². The Balaban J connectivity index is 1.29. The highest BCUT2D eigenvalue weighted by Crippen LogP contribution is 2.28. The van der Waals surface area contributed by atoms with E-state index in [1.165, 1.54) is 32.1 Å². The van der Waals surface area contributed by atoms with Gasteiger partial charge in [-0.15, -0.1) is 0 Å². The molecule has 8 heteroatoms. The quantitative estimate of drug-likeness (QED) is 0.324. The Morgan fingerprint density at radius 1 is 0.821 bits per heavy atom. The van der Waals surface area contributed by atoms with Crippen molar-refractivity contribution in [2.24, 2.45) is 11.8 Å². The van der Waals surface area contributed by atoms with E-state index in [2.05, 4.69) is 19.2 Å². The molecule has 0 aromatic heterocycles. The first kappa shape index (κ1) is 29.1. The van der Waals surface area contributed by atoms with Crippen LogP contribution in [0.4, 0.5) is 0 Å². The first-order chi connectivity index (χ1) is 18.8. The van der Waals surface area contributed by atoms with E-state index in [0.717, 1.165) is 37.7 Å². The van der Waals surface area contributed by atoms with E-state index in [-0.39, 0.29) is 23.9 Å². The number of hydrogen-bond donors (Lipinski definition) is 1. The number of nitrogens with zero attached hydrogens (tertiary/aromatic N) is 3. The summed E-state index contributed by atoms with van der Waals surface area (Å²) in [4.78, 5) is 56.3. The number of rotatable bonds is 12. The van der Waals surface area contributed by atoms with Gasteiger partial charge < -0.3 is 20.0 Å². The molecular formula is C31H46N4O4. The highest BCUT2D eigenvalue weighted by molar-refractivity contribution is 6.36. The van der Waals surface area contributed by atoms with Crippen LogP contribution in [-0.2, 0) is 25.7 Å². The molecule has 0 radical (unpaired) electrons. The van der Waals surface area contributed by atoms with Gasteiger partial charge in [-0.2, -0.15) is 0 Å². The molecule has 2 atom stereocenters. The summed E-state index contributed by atoms with van der Waals surface area (Å²) in [5.74, 6) is -0.621. The van der Waals surface area contributed by atoms with Crippen LogP contribution in [0.2, 0.25) is 0 Å². The van der Waals surface area contributed by atoms with Crippen LogP contribution >= 0.6 is 0 Å². The van der Waals surface area contributed by atoms with Crippen LogP contribution in [0.15, 0.2) is 30.3 Å². The van der Waals surface area contributed by atoms with Crippen molar-refractivity contribution in [1.29, 1.82) is 0 Å². The minimum absolute atomic E-state index is 0.0753. The maximum absolute atomic E-state index is 13.2. The summed E-state index contributed by atoms with van der Waals surface area (Å²) < 4.78 is 0. The Hall–Kier alpha value is -2.90. The third-order valence-electron chi connectivity index (χ3n) is 8.65. The molecule has 39 heavy (non-hydrogen) atoms. The largest absolute Gasteiger partial charge is 0.346 e. The number of benzene rings is 1. The van der Waals surface area contributed by atoms with Crippen molar-refractivity contribution in [3.8, 4) is 0 Å². The summed E-state index contributed by atoms with van der Waals surface area (Å²) in [7, 11) is 0. The monoisotopic (exact) mass is 538 g/mol. The average molecular weight is 539 g/mol. The van der Waals surface area contributed by atoms with E-state index in [0.29, 0.717) is 44.6 Å². The third-order valence-corrected chi connectivity index (χ3v) is 8.65. The van der Waals surface area contributed by atoms with Gasteiger partial charge in [-0.1, -0.05) is 76.3 Å². The molecule has 0 spiro atoms. The van der Waals surface area contributed by atoms with E-state index in [1.54, 1.807) is 9.80 Å². The number of piperazine rings is 2. The first-order valence-electron chi connectivity index (χ1n) is 15.1. The van der Waals surface area contributed by atoms with Gasteiger partial charge in [0.05, 0.1) is 6.04 Å². The van der Waals surface area contributed by atoms with E-state index in [1.807, 2.05) is 35.2 Å². The van der Waals surface area contributed by atoms with Crippen molar-refractivity contribution < 1.29 is 19.2 Å². The van der Waals surface area contributed by atoms with Crippen LogP contribution in [0.5, 0.6) is 0 Å². The highest BCUT2D eigenvalue weighted by Gasteiger charge is 2.39. The second-order valence-electron chi connectivity index (χ2n) is 12.1. The predicted octanol–water partition coefficient (Wildman–Crippen LogP) is 3.74. The molecular weight excluding hydrogens is 492 g/mol. The molecule has 1 N–H and O–H groups in total. The van der Waals surface area contributed by atoms with Gasteiger partial charge in [0.15, 0.2) is 0 Å². The lowest BCUT2D eigenvalue weighted by Gasteiger charge is -2.42. The van der Waals surface area contributed by atoms with Gasteiger partial charge in [0, 0.05) is 38.8 Å². The molecule has 8 nitrogen and oxygen atoms in total. The van der Waals surface area contributed by atoms with Crippen molar-refractivity contribution in [2.45, 2.75) is 96.7 Å². The zero-order valence-electron chi connectivity index (χ0n) is 23.8. The topological polar surface area (TPSA) is 90.0 Å². The average Bonchev–Trinajstić information content (AvgIpc) is 2.93. The molecule has 2 heterocycles. The molecule has 1 aromatic rings.